The number of nitrogens with one attached hydrogen (secondary N) is 2. The highest BCUT2D eigenvalue weighted by Crippen LogP contribution is 2.43. The summed E-state index contributed by atoms with van der Waals surface area (Å²) in [5.74, 6) is -2.73. The van der Waals surface area contributed by atoms with Crippen molar-refractivity contribution in [3.05, 3.63) is 136 Å². The van der Waals surface area contributed by atoms with Gasteiger partial charge in [0.1, 0.15) is 17.1 Å². The van der Waals surface area contributed by atoms with Crippen LogP contribution in [-0.2, 0) is 29.6 Å². The summed E-state index contributed by atoms with van der Waals surface area (Å²) in [5.41, 5.74) is 7.16. The van der Waals surface area contributed by atoms with Gasteiger partial charge in [0.05, 0.1) is 0 Å². The molecule has 3 atom stereocenters. The zero-order valence-electron chi connectivity index (χ0n) is 29.7. The highest BCUT2D eigenvalue weighted by molar-refractivity contribution is 8.00. The second-order valence-corrected chi connectivity index (χ2v) is 15.3. The van der Waals surface area contributed by atoms with Crippen molar-refractivity contribution in [1.82, 2.24) is 29.8 Å². The summed E-state index contributed by atoms with van der Waals surface area (Å²) in [6.07, 6.45) is 2.98. The molecule has 1 aromatic heterocycles. The number of nitrogens with two attached hydrogens (primary N) is 1. The molecule has 288 valence electrons. The fraction of sp³-hybridized carbons (Fsp3) is 0.256. The number of amides is 3. The van der Waals surface area contributed by atoms with Crippen LogP contribution in [0.4, 0.5) is 5.13 Å². The molecule has 3 saturated heterocycles. The number of likely N-dealkylation sites (tertiary alicyclic amines) is 1. The Morgan fingerprint density at radius 3 is 2.16 bits per heavy atom. The number of carboxylic acid groups (broad SMARTS) is 1. The standard InChI is InChI=1S/C39H36N8O6S2.ClH/c40-38-43-32(45-55-38)29(44-53-39(25-10-4-1-5-11-25,26-12-6-2-7-13-26)27-14-8-3-9-15-27)33(48)42-30-35(50)47-31(37(51)52)24(22-54-36(30)47)20-23-17-19-46(34(23)49)28-16-18-41-21-28;/h1-15,20,28,30,36,41H,16-19,21-22H2,(H,42,48)(H,51,52)(H2,40,43,45);1H/b23-20+,44-29-;/t28-,30-,36-;/m1./s1. The first-order chi connectivity index (χ1) is 26.8. The van der Waals surface area contributed by atoms with Gasteiger partial charge in [0.25, 0.3) is 11.8 Å². The number of hydrogen-bond donors (Lipinski definition) is 4. The van der Waals surface area contributed by atoms with Gasteiger partial charge in [0.2, 0.25) is 23.0 Å². The fourth-order valence-corrected chi connectivity index (χ4v) is 9.24. The smallest absolute Gasteiger partial charge is 0.352 e. The van der Waals surface area contributed by atoms with Crippen LogP contribution in [0.15, 0.2) is 119 Å². The lowest BCUT2D eigenvalue weighted by atomic mass is 9.80. The minimum atomic E-state index is -1.34. The molecular formula is C39H37ClN8O6S2. The van der Waals surface area contributed by atoms with E-state index in [4.69, 9.17) is 10.6 Å². The monoisotopic (exact) mass is 812 g/mol. The number of aliphatic carboxylic acids is 1. The van der Waals surface area contributed by atoms with Gasteiger partial charge in [-0.1, -0.05) is 96.2 Å². The van der Waals surface area contributed by atoms with Crippen molar-refractivity contribution >= 4 is 70.2 Å². The number of aromatic nitrogens is 2. The molecule has 0 radical (unpaired) electrons. The number of nitrogens with zero attached hydrogens (tertiary/aromatic N) is 5. The number of rotatable bonds is 11. The van der Waals surface area contributed by atoms with Crippen molar-refractivity contribution in [3.8, 4) is 0 Å². The first-order valence-electron chi connectivity index (χ1n) is 17.7. The van der Waals surface area contributed by atoms with Crippen LogP contribution in [0, 0.1) is 0 Å². The number of oxime groups is 1. The van der Waals surface area contributed by atoms with E-state index in [9.17, 15) is 24.3 Å². The van der Waals surface area contributed by atoms with Crippen LogP contribution in [0.25, 0.3) is 0 Å². The zero-order valence-corrected chi connectivity index (χ0v) is 32.2. The quantitative estimate of drug-likeness (QED) is 0.0570. The van der Waals surface area contributed by atoms with Gasteiger partial charge < -0.3 is 31.2 Å². The van der Waals surface area contributed by atoms with Crippen molar-refractivity contribution in [3.63, 3.8) is 0 Å². The first kappa shape index (κ1) is 38.7. The van der Waals surface area contributed by atoms with Crippen LogP contribution in [0.3, 0.4) is 0 Å². The maximum atomic E-state index is 14.2. The molecule has 0 saturated carbocycles. The number of benzene rings is 3. The Morgan fingerprint density at radius 1 is 1.00 bits per heavy atom. The minimum absolute atomic E-state index is 0. The molecule has 3 aromatic carbocycles. The summed E-state index contributed by atoms with van der Waals surface area (Å²) in [6.45, 7) is 2.14. The van der Waals surface area contributed by atoms with Gasteiger partial charge in [-0.3, -0.25) is 19.3 Å². The number of carbonyl (C=O) groups is 4. The Kier molecular flexibility index (Phi) is 11.3. The Hall–Kier alpha value is -5.55. The molecule has 0 unspecified atom stereocenters. The van der Waals surface area contributed by atoms with Gasteiger partial charge in [-0.2, -0.15) is 9.36 Å². The Bertz CT molecular complexity index is 2130. The van der Waals surface area contributed by atoms with E-state index in [1.165, 1.54) is 16.7 Å². The van der Waals surface area contributed by atoms with E-state index in [1.807, 2.05) is 95.9 Å². The Balaban J connectivity index is 0.00000480. The normalized spacial score (nSPS) is 21.8. The molecule has 0 bridgehead atoms. The topological polar surface area (TPSA) is 192 Å². The fourth-order valence-electron chi connectivity index (χ4n) is 7.50. The molecule has 5 heterocycles. The molecular weight excluding hydrogens is 776 g/mol. The summed E-state index contributed by atoms with van der Waals surface area (Å²) in [5, 5.41) is 20.1. The van der Waals surface area contributed by atoms with E-state index in [0.717, 1.165) is 47.7 Å². The predicted molar refractivity (Wildman–Crippen MR) is 214 cm³/mol. The second-order valence-electron chi connectivity index (χ2n) is 13.4. The molecule has 4 aromatic rings. The average molecular weight is 813 g/mol. The summed E-state index contributed by atoms with van der Waals surface area (Å²) in [7, 11) is 0. The molecule has 0 spiro atoms. The zero-order chi connectivity index (χ0) is 38.1. The van der Waals surface area contributed by atoms with Crippen LogP contribution in [-0.4, -0.2) is 96.5 Å². The predicted octanol–water partition coefficient (Wildman–Crippen LogP) is 3.51. The number of carboxylic acids is 1. The third kappa shape index (κ3) is 7.04. The van der Waals surface area contributed by atoms with Gasteiger partial charge in [0, 0.05) is 58.7 Å². The maximum Gasteiger partial charge on any atom is 0.352 e. The number of hydrogen-bond acceptors (Lipinski definition) is 12. The summed E-state index contributed by atoms with van der Waals surface area (Å²) in [4.78, 5) is 67.6. The van der Waals surface area contributed by atoms with Crippen LogP contribution in [0.1, 0.15) is 35.4 Å². The molecule has 8 rings (SSSR count). The number of carbonyl (C=O) groups excluding carboxylic acids is 3. The lowest BCUT2D eigenvalue weighted by Gasteiger charge is -2.49. The average Bonchev–Trinajstić information content (AvgIpc) is 3.98. The highest BCUT2D eigenvalue weighted by atomic mass is 35.5. The van der Waals surface area contributed by atoms with Gasteiger partial charge >= 0.3 is 5.97 Å². The van der Waals surface area contributed by atoms with Crippen molar-refractivity contribution in [2.75, 3.05) is 31.1 Å². The third-order valence-electron chi connectivity index (χ3n) is 10.2. The second kappa shape index (κ2) is 16.3. The van der Waals surface area contributed by atoms with E-state index in [0.29, 0.717) is 24.1 Å². The third-order valence-corrected chi connectivity index (χ3v) is 12.0. The molecule has 56 heavy (non-hydrogen) atoms. The van der Waals surface area contributed by atoms with E-state index >= 15 is 0 Å². The van der Waals surface area contributed by atoms with Crippen LogP contribution in [0.2, 0.25) is 0 Å². The van der Waals surface area contributed by atoms with E-state index in [2.05, 4.69) is 25.1 Å². The molecule has 14 nitrogen and oxygen atoms in total. The number of thioether (sulfide) groups is 1. The Labute approximate surface area is 336 Å². The van der Waals surface area contributed by atoms with E-state index in [1.54, 1.807) is 6.08 Å². The Morgan fingerprint density at radius 2 is 1.62 bits per heavy atom. The van der Waals surface area contributed by atoms with Crippen molar-refractivity contribution in [2.45, 2.75) is 35.9 Å². The van der Waals surface area contributed by atoms with Crippen LogP contribution >= 0.6 is 35.7 Å². The van der Waals surface area contributed by atoms with Gasteiger partial charge in [0.15, 0.2) is 5.13 Å². The van der Waals surface area contributed by atoms with Gasteiger partial charge in [-0.05, 0) is 31.0 Å². The summed E-state index contributed by atoms with van der Waals surface area (Å²) >= 11 is 2.17. The number of halogens is 1. The summed E-state index contributed by atoms with van der Waals surface area (Å²) < 4.78 is 4.25. The molecule has 17 heteroatoms. The molecule has 4 aliphatic heterocycles. The first-order valence-corrected chi connectivity index (χ1v) is 19.5. The van der Waals surface area contributed by atoms with E-state index in [-0.39, 0.29) is 52.5 Å². The summed E-state index contributed by atoms with van der Waals surface area (Å²) in [6, 6.07) is 27.4. The maximum absolute atomic E-state index is 14.2. The molecule has 0 aliphatic carbocycles. The van der Waals surface area contributed by atoms with Gasteiger partial charge in [-0.25, -0.2) is 4.79 Å². The SMILES string of the molecule is Cl.Nc1nc(/C(=N/OC(c2ccccc2)(c2ccccc2)c2ccccc2)C(=O)N[C@@H]2C(=O)N3C(C(=O)O)=C(/C=C4\CCN([C@@H]5CCNC5)C4=O)CS[C@H]23)ns1. The molecule has 3 fully saturated rings. The molecule has 3 amide bonds. The number of fused-ring (bicyclic) bond motifs is 1. The lowest BCUT2D eigenvalue weighted by Crippen LogP contribution is -2.71. The largest absolute Gasteiger partial charge is 0.477 e. The number of β-lactam (4-membered cyclic amide) rings is 1. The highest BCUT2D eigenvalue weighted by Gasteiger charge is 2.54. The van der Waals surface area contributed by atoms with Crippen molar-refractivity contribution < 1.29 is 29.1 Å². The van der Waals surface area contributed by atoms with Crippen LogP contribution in [0.5, 0.6) is 0 Å². The number of nitrogen functional groups attached to an aromatic ring is 1. The number of allylic oxidation sites excluding steroid dienone is 1. The van der Waals surface area contributed by atoms with E-state index < -0.39 is 34.8 Å². The van der Waals surface area contributed by atoms with Gasteiger partial charge in [-0.15, -0.1) is 24.2 Å². The van der Waals surface area contributed by atoms with Crippen molar-refractivity contribution in [2.24, 2.45) is 5.16 Å². The number of anilines is 1. The minimum Gasteiger partial charge on any atom is -0.477 e. The van der Waals surface area contributed by atoms with Crippen LogP contribution < -0.4 is 16.4 Å². The molecule has 5 N–H and O–H groups in total. The molecule has 4 aliphatic rings. The lowest BCUT2D eigenvalue weighted by molar-refractivity contribution is -0.150. The van der Waals surface area contributed by atoms with Crippen molar-refractivity contribution in [1.29, 1.82) is 0 Å².